The highest BCUT2D eigenvalue weighted by Crippen LogP contribution is 2.33. The molecule has 5 heteroatoms. The van der Waals surface area contributed by atoms with Crippen LogP contribution in [0, 0.1) is 6.92 Å². The van der Waals surface area contributed by atoms with Crippen LogP contribution in [0.5, 0.6) is 0 Å². The van der Waals surface area contributed by atoms with Crippen molar-refractivity contribution in [3.8, 4) is 0 Å². The maximum atomic E-state index is 6.11. The Morgan fingerprint density at radius 1 is 1.17 bits per heavy atom. The minimum atomic E-state index is 0.0657. The molecule has 1 aliphatic carbocycles. The Balaban J connectivity index is 1.90. The summed E-state index contributed by atoms with van der Waals surface area (Å²) in [5.74, 6) is 2.29. The van der Waals surface area contributed by atoms with Crippen molar-refractivity contribution in [3.05, 3.63) is 11.6 Å². The lowest BCUT2D eigenvalue weighted by Gasteiger charge is -2.27. The van der Waals surface area contributed by atoms with E-state index in [4.69, 9.17) is 10.5 Å². The van der Waals surface area contributed by atoms with Crippen molar-refractivity contribution < 1.29 is 4.74 Å². The molecule has 1 aromatic heterocycles. The molecule has 2 fully saturated rings. The lowest BCUT2D eigenvalue weighted by atomic mass is 9.94. The third-order valence-corrected chi connectivity index (χ3v) is 4.29. The van der Waals surface area contributed by atoms with Gasteiger partial charge in [-0.2, -0.15) is 0 Å². The summed E-state index contributed by atoms with van der Waals surface area (Å²) in [7, 11) is 0. The Kier molecular flexibility index (Phi) is 3.35. The smallest absolute Gasteiger partial charge is 0.140 e. The summed E-state index contributed by atoms with van der Waals surface area (Å²) < 4.78 is 7.80. The number of nitrogens with zero attached hydrogens (tertiary/aromatic N) is 3. The molecule has 1 aliphatic heterocycles. The van der Waals surface area contributed by atoms with E-state index in [9.17, 15) is 0 Å². The molecule has 100 valence electrons. The van der Waals surface area contributed by atoms with Gasteiger partial charge < -0.3 is 15.0 Å². The number of aromatic nitrogens is 3. The number of nitrogens with two attached hydrogens (primary N) is 1. The maximum absolute atomic E-state index is 6.11. The summed E-state index contributed by atoms with van der Waals surface area (Å²) in [6.07, 6.45) is 6.48. The zero-order chi connectivity index (χ0) is 12.5. The summed E-state index contributed by atoms with van der Waals surface area (Å²) >= 11 is 0. The van der Waals surface area contributed by atoms with Crippen LogP contribution in [-0.2, 0) is 4.74 Å². The van der Waals surface area contributed by atoms with Gasteiger partial charge in [0.05, 0.1) is 19.1 Å². The molecular weight excluding hydrogens is 228 g/mol. The van der Waals surface area contributed by atoms with Crippen LogP contribution in [0.3, 0.4) is 0 Å². The van der Waals surface area contributed by atoms with Crippen molar-refractivity contribution in [2.45, 2.75) is 57.0 Å². The molecule has 0 radical (unpaired) electrons. The van der Waals surface area contributed by atoms with Crippen LogP contribution < -0.4 is 5.73 Å². The summed E-state index contributed by atoms with van der Waals surface area (Å²) in [4.78, 5) is 0. The van der Waals surface area contributed by atoms with Crippen molar-refractivity contribution >= 4 is 0 Å². The summed E-state index contributed by atoms with van der Waals surface area (Å²) in [6, 6.07) is 0.632. The predicted octanol–water partition coefficient (Wildman–Crippen LogP) is 1.53. The largest absolute Gasteiger partial charge is 0.379 e. The van der Waals surface area contributed by atoms with E-state index in [1.165, 1.54) is 32.1 Å². The fraction of sp³-hybridized carbons (Fsp3) is 0.846. The van der Waals surface area contributed by atoms with Gasteiger partial charge in [0.15, 0.2) is 0 Å². The van der Waals surface area contributed by atoms with Crippen LogP contribution >= 0.6 is 0 Å². The highest BCUT2D eigenvalue weighted by molar-refractivity contribution is 5.09. The molecule has 2 unspecified atom stereocenters. The summed E-state index contributed by atoms with van der Waals surface area (Å²) in [5, 5.41) is 8.65. The van der Waals surface area contributed by atoms with E-state index in [0.29, 0.717) is 19.3 Å². The molecule has 0 amide bonds. The van der Waals surface area contributed by atoms with Crippen molar-refractivity contribution in [2.24, 2.45) is 5.73 Å². The first kappa shape index (κ1) is 12.1. The quantitative estimate of drug-likeness (QED) is 0.864. The molecule has 1 saturated heterocycles. The molecule has 0 aromatic carbocycles. The monoisotopic (exact) mass is 250 g/mol. The predicted molar refractivity (Wildman–Crippen MR) is 68.4 cm³/mol. The SMILES string of the molecule is Cc1nnc(C2COCC2N)n1C1CCCCC1. The molecule has 0 bridgehead atoms. The fourth-order valence-electron chi connectivity index (χ4n) is 3.27. The second-order valence-corrected chi connectivity index (χ2v) is 5.58. The van der Waals surface area contributed by atoms with Crippen molar-refractivity contribution in [1.82, 2.24) is 14.8 Å². The van der Waals surface area contributed by atoms with Crippen LogP contribution in [-0.4, -0.2) is 34.0 Å². The van der Waals surface area contributed by atoms with E-state index >= 15 is 0 Å². The van der Waals surface area contributed by atoms with Crippen molar-refractivity contribution in [3.63, 3.8) is 0 Å². The minimum absolute atomic E-state index is 0.0657. The van der Waals surface area contributed by atoms with Gasteiger partial charge in [0, 0.05) is 12.1 Å². The number of rotatable bonds is 2. The van der Waals surface area contributed by atoms with Crippen LogP contribution in [0.4, 0.5) is 0 Å². The van der Waals surface area contributed by atoms with E-state index in [-0.39, 0.29) is 12.0 Å². The summed E-state index contributed by atoms with van der Waals surface area (Å²) in [5.41, 5.74) is 6.11. The lowest BCUT2D eigenvalue weighted by Crippen LogP contribution is -2.30. The molecule has 2 N–H and O–H groups in total. The normalized spacial score (nSPS) is 29.9. The van der Waals surface area contributed by atoms with E-state index in [2.05, 4.69) is 14.8 Å². The van der Waals surface area contributed by atoms with Gasteiger partial charge in [0.1, 0.15) is 11.6 Å². The van der Waals surface area contributed by atoms with E-state index in [1.54, 1.807) is 0 Å². The number of hydrogen-bond donors (Lipinski definition) is 1. The molecule has 1 aromatic rings. The number of hydrogen-bond acceptors (Lipinski definition) is 4. The van der Waals surface area contributed by atoms with E-state index in [1.807, 2.05) is 6.92 Å². The van der Waals surface area contributed by atoms with Crippen LogP contribution in [0.25, 0.3) is 0 Å². The standard InChI is InChI=1S/C13H22N4O/c1-9-15-16-13(11-7-18-8-12(11)14)17(9)10-5-3-2-4-6-10/h10-12H,2-8,14H2,1H3. The van der Waals surface area contributed by atoms with Gasteiger partial charge in [-0.15, -0.1) is 10.2 Å². The third-order valence-electron chi connectivity index (χ3n) is 4.29. The van der Waals surface area contributed by atoms with Crippen LogP contribution in [0.2, 0.25) is 0 Å². The highest BCUT2D eigenvalue weighted by Gasteiger charge is 2.33. The molecule has 18 heavy (non-hydrogen) atoms. The Bertz CT molecular complexity index is 411. The molecule has 2 atom stereocenters. The van der Waals surface area contributed by atoms with Gasteiger partial charge in [-0.3, -0.25) is 0 Å². The zero-order valence-corrected chi connectivity index (χ0v) is 11.0. The second-order valence-electron chi connectivity index (χ2n) is 5.58. The third kappa shape index (κ3) is 2.06. The molecule has 1 saturated carbocycles. The molecule has 3 rings (SSSR count). The first-order chi connectivity index (χ1) is 8.77. The van der Waals surface area contributed by atoms with Crippen molar-refractivity contribution in [2.75, 3.05) is 13.2 Å². The van der Waals surface area contributed by atoms with Crippen LogP contribution in [0.1, 0.15) is 55.7 Å². The van der Waals surface area contributed by atoms with E-state index in [0.717, 1.165) is 11.6 Å². The van der Waals surface area contributed by atoms with Gasteiger partial charge in [0.2, 0.25) is 0 Å². The minimum Gasteiger partial charge on any atom is -0.379 e. The Hall–Kier alpha value is -0.940. The van der Waals surface area contributed by atoms with Gasteiger partial charge in [0.25, 0.3) is 0 Å². The van der Waals surface area contributed by atoms with Gasteiger partial charge in [-0.05, 0) is 19.8 Å². The topological polar surface area (TPSA) is 66.0 Å². The van der Waals surface area contributed by atoms with Crippen LogP contribution in [0.15, 0.2) is 0 Å². The fourth-order valence-corrected chi connectivity index (χ4v) is 3.27. The highest BCUT2D eigenvalue weighted by atomic mass is 16.5. The lowest BCUT2D eigenvalue weighted by molar-refractivity contribution is 0.189. The first-order valence-electron chi connectivity index (χ1n) is 7.02. The Morgan fingerprint density at radius 2 is 1.94 bits per heavy atom. The Labute approximate surface area is 108 Å². The molecule has 0 spiro atoms. The molecular formula is C13H22N4O. The zero-order valence-electron chi connectivity index (χ0n) is 11.0. The number of aryl methyl sites for hydroxylation is 1. The van der Waals surface area contributed by atoms with Gasteiger partial charge >= 0.3 is 0 Å². The average molecular weight is 250 g/mol. The summed E-state index contributed by atoms with van der Waals surface area (Å²) in [6.45, 7) is 3.37. The number of ether oxygens (including phenoxy) is 1. The second kappa shape index (κ2) is 4.97. The van der Waals surface area contributed by atoms with E-state index < -0.39 is 0 Å². The molecule has 2 aliphatic rings. The molecule has 5 nitrogen and oxygen atoms in total. The first-order valence-corrected chi connectivity index (χ1v) is 7.02. The van der Waals surface area contributed by atoms with Crippen molar-refractivity contribution in [1.29, 1.82) is 0 Å². The van der Waals surface area contributed by atoms with Gasteiger partial charge in [-0.25, -0.2) is 0 Å². The van der Waals surface area contributed by atoms with Gasteiger partial charge in [-0.1, -0.05) is 19.3 Å². The average Bonchev–Trinajstić information content (AvgIpc) is 2.96. The Morgan fingerprint density at radius 3 is 2.61 bits per heavy atom. The molecule has 2 heterocycles. The maximum Gasteiger partial charge on any atom is 0.140 e.